The maximum absolute atomic E-state index is 12.3. The van der Waals surface area contributed by atoms with E-state index in [4.69, 9.17) is 0 Å². The van der Waals surface area contributed by atoms with Crippen LogP contribution in [-0.4, -0.2) is 26.2 Å². The summed E-state index contributed by atoms with van der Waals surface area (Å²) in [5.74, 6) is 0.0429. The van der Waals surface area contributed by atoms with E-state index in [1.807, 2.05) is 19.9 Å². The lowest BCUT2D eigenvalue weighted by Crippen LogP contribution is -2.38. The Balaban J connectivity index is 2.20. The molecule has 106 valence electrons. The third-order valence-corrected chi connectivity index (χ3v) is 5.48. The molecule has 1 aliphatic rings. The second-order valence-corrected chi connectivity index (χ2v) is 7.06. The molecular formula is C14H21NO3S. The fourth-order valence-corrected chi connectivity index (χ4v) is 3.98. The summed E-state index contributed by atoms with van der Waals surface area (Å²) in [7, 11) is -3.49. The molecule has 4 nitrogen and oxygen atoms in total. The van der Waals surface area contributed by atoms with Crippen LogP contribution in [0.15, 0.2) is 23.1 Å². The Labute approximate surface area is 114 Å². The van der Waals surface area contributed by atoms with E-state index in [9.17, 15) is 13.5 Å². The highest BCUT2D eigenvalue weighted by atomic mass is 32.2. The van der Waals surface area contributed by atoms with Crippen molar-refractivity contribution < 1.29 is 13.5 Å². The Morgan fingerprint density at radius 3 is 2.63 bits per heavy atom. The van der Waals surface area contributed by atoms with E-state index >= 15 is 0 Å². The van der Waals surface area contributed by atoms with Crippen molar-refractivity contribution in [3.8, 4) is 0 Å². The highest BCUT2D eigenvalue weighted by Gasteiger charge is 2.30. The third-order valence-electron chi connectivity index (χ3n) is 3.99. The number of nitrogens with one attached hydrogen (secondary N) is 1. The standard InChI is InChI=1S/C14H21NO3S/c1-10-6-7-13(8-11(10)2)19(17,18)15-14-5-3-4-12(14)9-16/h6-8,12,14-16H,3-5,9H2,1-2H3. The van der Waals surface area contributed by atoms with E-state index in [0.717, 1.165) is 30.4 Å². The van der Waals surface area contributed by atoms with Crippen LogP contribution in [0.5, 0.6) is 0 Å². The summed E-state index contributed by atoms with van der Waals surface area (Å²) in [5.41, 5.74) is 2.04. The van der Waals surface area contributed by atoms with Crippen molar-refractivity contribution in [3.05, 3.63) is 29.3 Å². The average Bonchev–Trinajstić information content (AvgIpc) is 2.79. The van der Waals surface area contributed by atoms with Gasteiger partial charge in [0.25, 0.3) is 0 Å². The number of benzene rings is 1. The van der Waals surface area contributed by atoms with Gasteiger partial charge in [0.15, 0.2) is 0 Å². The molecule has 0 amide bonds. The first-order valence-electron chi connectivity index (χ1n) is 6.64. The quantitative estimate of drug-likeness (QED) is 0.884. The van der Waals surface area contributed by atoms with Gasteiger partial charge < -0.3 is 5.11 Å². The van der Waals surface area contributed by atoms with Gasteiger partial charge in [-0.1, -0.05) is 12.5 Å². The summed E-state index contributed by atoms with van der Waals surface area (Å²) >= 11 is 0. The van der Waals surface area contributed by atoms with Gasteiger partial charge in [0.2, 0.25) is 10.0 Å². The molecule has 1 aromatic rings. The van der Waals surface area contributed by atoms with Crippen molar-refractivity contribution in [2.75, 3.05) is 6.61 Å². The lowest BCUT2D eigenvalue weighted by molar-refractivity contribution is 0.213. The van der Waals surface area contributed by atoms with E-state index in [1.165, 1.54) is 0 Å². The molecule has 0 saturated heterocycles. The molecule has 0 heterocycles. The average molecular weight is 283 g/mol. The highest BCUT2D eigenvalue weighted by molar-refractivity contribution is 7.89. The van der Waals surface area contributed by atoms with E-state index in [1.54, 1.807) is 12.1 Å². The van der Waals surface area contributed by atoms with Crippen molar-refractivity contribution >= 4 is 10.0 Å². The minimum atomic E-state index is -3.49. The van der Waals surface area contributed by atoms with Gasteiger partial charge in [-0.25, -0.2) is 13.1 Å². The summed E-state index contributed by atoms with van der Waals surface area (Å²) in [6.45, 7) is 3.90. The zero-order chi connectivity index (χ0) is 14.0. The van der Waals surface area contributed by atoms with E-state index in [-0.39, 0.29) is 18.6 Å². The van der Waals surface area contributed by atoms with Crippen molar-refractivity contribution in [3.63, 3.8) is 0 Å². The number of rotatable bonds is 4. The molecule has 0 radical (unpaired) electrons. The highest BCUT2D eigenvalue weighted by Crippen LogP contribution is 2.26. The van der Waals surface area contributed by atoms with Gasteiger partial charge >= 0.3 is 0 Å². The van der Waals surface area contributed by atoms with Gasteiger partial charge in [0, 0.05) is 12.6 Å². The number of sulfonamides is 1. The zero-order valence-electron chi connectivity index (χ0n) is 11.4. The first-order chi connectivity index (χ1) is 8.94. The smallest absolute Gasteiger partial charge is 0.240 e. The van der Waals surface area contributed by atoms with Crippen molar-refractivity contribution in [2.45, 2.75) is 44.0 Å². The fraction of sp³-hybridized carbons (Fsp3) is 0.571. The molecule has 19 heavy (non-hydrogen) atoms. The summed E-state index contributed by atoms with van der Waals surface area (Å²) in [5, 5.41) is 9.25. The van der Waals surface area contributed by atoms with Gasteiger partial charge in [-0.15, -0.1) is 0 Å². The normalized spacial score (nSPS) is 23.7. The van der Waals surface area contributed by atoms with Crippen LogP contribution in [0, 0.1) is 19.8 Å². The molecule has 0 aliphatic heterocycles. The Hall–Kier alpha value is -0.910. The second kappa shape index (κ2) is 5.61. The van der Waals surface area contributed by atoms with Gasteiger partial charge in [0.1, 0.15) is 0 Å². The monoisotopic (exact) mass is 283 g/mol. The number of aliphatic hydroxyl groups is 1. The first kappa shape index (κ1) is 14.5. The largest absolute Gasteiger partial charge is 0.396 e. The van der Waals surface area contributed by atoms with Crippen LogP contribution in [0.25, 0.3) is 0 Å². The molecular weight excluding hydrogens is 262 g/mol. The van der Waals surface area contributed by atoms with Gasteiger partial charge in [-0.2, -0.15) is 0 Å². The lowest BCUT2D eigenvalue weighted by atomic mass is 10.1. The summed E-state index contributed by atoms with van der Waals surface area (Å²) < 4.78 is 27.4. The number of aliphatic hydroxyl groups excluding tert-OH is 1. The van der Waals surface area contributed by atoms with Crippen LogP contribution in [0.3, 0.4) is 0 Å². The molecule has 2 atom stereocenters. The Morgan fingerprint density at radius 2 is 2.00 bits per heavy atom. The van der Waals surface area contributed by atoms with Crippen LogP contribution >= 0.6 is 0 Å². The predicted molar refractivity (Wildman–Crippen MR) is 74.5 cm³/mol. The molecule has 2 rings (SSSR count). The molecule has 5 heteroatoms. The van der Waals surface area contributed by atoms with Gasteiger partial charge in [0.05, 0.1) is 4.90 Å². The van der Waals surface area contributed by atoms with E-state index in [0.29, 0.717) is 4.90 Å². The minimum absolute atomic E-state index is 0.0418. The summed E-state index contributed by atoms with van der Waals surface area (Å²) in [6, 6.07) is 5.01. The molecule has 1 fully saturated rings. The fourth-order valence-electron chi connectivity index (χ4n) is 2.56. The van der Waals surface area contributed by atoms with Crippen LogP contribution in [-0.2, 0) is 10.0 Å². The summed E-state index contributed by atoms with van der Waals surface area (Å²) in [6.07, 6.45) is 2.65. The number of hydrogen-bond donors (Lipinski definition) is 2. The Kier molecular flexibility index (Phi) is 4.28. The maximum atomic E-state index is 12.3. The molecule has 1 aromatic carbocycles. The number of hydrogen-bond acceptors (Lipinski definition) is 3. The second-order valence-electron chi connectivity index (χ2n) is 5.35. The third kappa shape index (κ3) is 3.16. The maximum Gasteiger partial charge on any atom is 0.240 e. The van der Waals surface area contributed by atoms with Crippen molar-refractivity contribution in [1.82, 2.24) is 4.72 Å². The van der Waals surface area contributed by atoms with E-state index < -0.39 is 10.0 Å². The van der Waals surface area contributed by atoms with Crippen LogP contribution in [0.1, 0.15) is 30.4 Å². The zero-order valence-corrected chi connectivity index (χ0v) is 12.2. The molecule has 1 aliphatic carbocycles. The van der Waals surface area contributed by atoms with Crippen LogP contribution in [0.4, 0.5) is 0 Å². The predicted octanol–water partition coefficient (Wildman–Crippen LogP) is 1.74. The van der Waals surface area contributed by atoms with Crippen molar-refractivity contribution in [2.24, 2.45) is 5.92 Å². The Morgan fingerprint density at radius 1 is 1.26 bits per heavy atom. The molecule has 2 N–H and O–H groups in total. The van der Waals surface area contributed by atoms with Gasteiger partial charge in [-0.3, -0.25) is 0 Å². The minimum Gasteiger partial charge on any atom is -0.396 e. The van der Waals surface area contributed by atoms with E-state index in [2.05, 4.69) is 4.72 Å². The molecule has 2 unspecified atom stereocenters. The molecule has 0 bridgehead atoms. The lowest BCUT2D eigenvalue weighted by Gasteiger charge is -2.19. The topological polar surface area (TPSA) is 66.4 Å². The SMILES string of the molecule is Cc1ccc(S(=O)(=O)NC2CCCC2CO)cc1C. The molecule has 1 saturated carbocycles. The molecule has 0 aromatic heterocycles. The Bertz CT molecular complexity index is 554. The van der Waals surface area contributed by atoms with Gasteiger partial charge in [-0.05, 0) is 55.9 Å². The first-order valence-corrected chi connectivity index (χ1v) is 8.13. The van der Waals surface area contributed by atoms with Crippen molar-refractivity contribution in [1.29, 1.82) is 0 Å². The van der Waals surface area contributed by atoms with Crippen LogP contribution < -0.4 is 4.72 Å². The molecule has 0 spiro atoms. The summed E-state index contributed by atoms with van der Waals surface area (Å²) in [4.78, 5) is 0.305. The number of aryl methyl sites for hydroxylation is 2. The van der Waals surface area contributed by atoms with Crippen LogP contribution in [0.2, 0.25) is 0 Å².